The highest BCUT2D eigenvalue weighted by molar-refractivity contribution is 7.92. The van der Waals surface area contributed by atoms with Crippen LogP contribution in [0.25, 0.3) is 0 Å². The Bertz CT molecular complexity index is 861. The summed E-state index contributed by atoms with van der Waals surface area (Å²) in [5.74, 6) is 0.238. The Kier molecular flexibility index (Phi) is 4.41. The summed E-state index contributed by atoms with van der Waals surface area (Å²) >= 11 is 0. The molecular weight excluding hydrogens is 346 g/mol. The van der Waals surface area contributed by atoms with Crippen molar-refractivity contribution in [2.24, 2.45) is 5.92 Å². The van der Waals surface area contributed by atoms with Crippen molar-refractivity contribution in [3.8, 4) is 0 Å². The molecule has 26 heavy (non-hydrogen) atoms. The molecule has 0 bridgehead atoms. The second-order valence-corrected chi connectivity index (χ2v) is 10.0. The van der Waals surface area contributed by atoms with Crippen LogP contribution in [-0.4, -0.2) is 37.4 Å². The van der Waals surface area contributed by atoms with Crippen molar-refractivity contribution in [2.75, 3.05) is 7.05 Å². The van der Waals surface area contributed by atoms with Gasteiger partial charge >= 0.3 is 0 Å². The smallest absolute Gasteiger partial charge is 0.187 e. The van der Waals surface area contributed by atoms with Crippen molar-refractivity contribution >= 4 is 9.84 Å². The van der Waals surface area contributed by atoms with E-state index in [4.69, 9.17) is 0 Å². The fraction of sp³-hybridized carbons (Fsp3) is 0.429. The SMILES string of the molecule is C[N@@+]1([O-])[C@H](Cc2ccccc2)C[C@H](S(=O)(=O)c2ccccc2)[C@@H]1C1CC1. The van der Waals surface area contributed by atoms with Gasteiger partial charge in [0.2, 0.25) is 0 Å². The number of nitrogens with zero attached hydrogens (tertiary/aromatic N) is 1. The molecule has 4 rings (SSSR count). The molecule has 0 N–H and O–H groups in total. The highest BCUT2D eigenvalue weighted by Crippen LogP contribution is 2.49. The summed E-state index contributed by atoms with van der Waals surface area (Å²) in [5, 5.41) is 13.0. The number of likely N-dealkylation sites (N-methyl/N-ethyl adjacent to an activating group) is 1. The lowest BCUT2D eigenvalue weighted by molar-refractivity contribution is -0.898. The van der Waals surface area contributed by atoms with E-state index >= 15 is 0 Å². The monoisotopic (exact) mass is 371 g/mol. The molecule has 2 fully saturated rings. The fourth-order valence-corrected chi connectivity index (χ4v) is 6.79. The Labute approximate surface area is 155 Å². The van der Waals surface area contributed by atoms with Crippen LogP contribution in [0.15, 0.2) is 65.6 Å². The molecule has 4 nitrogen and oxygen atoms in total. The van der Waals surface area contributed by atoms with Gasteiger partial charge in [-0.1, -0.05) is 48.5 Å². The Morgan fingerprint density at radius 2 is 1.58 bits per heavy atom. The minimum absolute atomic E-state index is 0.216. The van der Waals surface area contributed by atoms with Crippen molar-refractivity contribution in [3.05, 3.63) is 71.4 Å². The van der Waals surface area contributed by atoms with Crippen LogP contribution in [-0.2, 0) is 16.3 Å². The molecule has 1 saturated heterocycles. The van der Waals surface area contributed by atoms with Gasteiger partial charge in [0.1, 0.15) is 11.3 Å². The summed E-state index contributed by atoms with van der Waals surface area (Å²) in [6.07, 6.45) is 3.01. The van der Waals surface area contributed by atoms with Crippen molar-refractivity contribution in [2.45, 2.75) is 47.9 Å². The van der Waals surface area contributed by atoms with Gasteiger partial charge in [-0.3, -0.25) is 0 Å². The van der Waals surface area contributed by atoms with Crippen LogP contribution in [0.4, 0.5) is 0 Å². The van der Waals surface area contributed by atoms with Crippen LogP contribution >= 0.6 is 0 Å². The Morgan fingerprint density at radius 3 is 2.15 bits per heavy atom. The molecular formula is C21H25NO3S. The number of sulfone groups is 1. The van der Waals surface area contributed by atoms with E-state index in [1.54, 1.807) is 31.3 Å². The minimum Gasteiger partial charge on any atom is -0.633 e. The van der Waals surface area contributed by atoms with Gasteiger partial charge in [0, 0.05) is 18.8 Å². The zero-order chi connectivity index (χ0) is 18.4. The van der Waals surface area contributed by atoms with Crippen LogP contribution in [0.2, 0.25) is 0 Å². The summed E-state index contributed by atoms with van der Waals surface area (Å²) in [5.41, 5.74) is 1.10. The third kappa shape index (κ3) is 3.08. The zero-order valence-corrected chi connectivity index (χ0v) is 15.8. The van der Waals surface area contributed by atoms with Crippen LogP contribution in [0.3, 0.4) is 0 Å². The standard InChI is InChI=1S/C21H25NO3S/c1-22(23)18(14-16-8-4-2-5-9-16)15-20(21(22)17-12-13-17)26(24,25)19-10-6-3-7-11-19/h2-11,17-18,20-21H,12-15H2,1H3/t18-,20+,21+,22-/m1/s1. The first-order valence-electron chi connectivity index (χ1n) is 9.30. The maximum atomic E-state index is 13.6. The highest BCUT2D eigenvalue weighted by Gasteiger charge is 2.58. The van der Waals surface area contributed by atoms with Gasteiger partial charge in [0.25, 0.3) is 0 Å². The predicted octanol–water partition coefficient (Wildman–Crippen LogP) is 3.57. The van der Waals surface area contributed by atoms with Gasteiger partial charge in [-0.15, -0.1) is 0 Å². The molecule has 0 spiro atoms. The first-order chi connectivity index (χ1) is 12.4. The quantitative estimate of drug-likeness (QED) is 0.596. The van der Waals surface area contributed by atoms with Crippen LogP contribution in [0.1, 0.15) is 24.8 Å². The number of benzene rings is 2. The Balaban J connectivity index is 1.68. The van der Waals surface area contributed by atoms with Gasteiger partial charge < -0.3 is 9.85 Å². The third-order valence-electron chi connectivity index (χ3n) is 6.09. The van der Waals surface area contributed by atoms with Crippen molar-refractivity contribution in [3.63, 3.8) is 0 Å². The molecule has 1 aliphatic heterocycles. The average Bonchev–Trinajstić information content (AvgIpc) is 3.42. The predicted molar refractivity (Wildman–Crippen MR) is 102 cm³/mol. The molecule has 0 aromatic heterocycles. The van der Waals surface area contributed by atoms with E-state index in [0.29, 0.717) is 17.7 Å². The lowest BCUT2D eigenvalue weighted by Crippen LogP contribution is -2.53. The number of quaternary nitrogens is 1. The summed E-state index contributed by atoms with van der Waals surface area (Å²) in [7, 11) is -1.81. The van der Waals surface area contributed by atoms with Crippen molar-refractivity contribution < 1.29 is 13.1 Å². The van der Waals surface area contributed by atoms with Gasteiger partial charge in [-0.2, -0.15) is 0 Å². The second-order valence-electron chi connectivity index (χ2n) is 7.86. The zero-order valence-electron chi connectivity index (χ0n) is 15.0. The van der Waals surface area contributed by atoms with Crippen LogP contribution < -0.4 is 0 Å². The molecule has 2 aromatic carbocycles. The van der Waals surface area contributed by atoms with Crippen molar-refractivity contribution in [1.82, 2.24) is 0 Å². The maximum Gasteiger partial charge on any atom is 0.187 e. The maximum absolute atomic E-state index is 13.6. The normalized spacial score (nSPS) is 31.8. The first kappa shape index (κ1) is 17.7. The van der Waals surface area contributed by atoms with Crippen molar-refractivity contribution in [1.29, 1.82) is 0 Å². The molecule has 1 aliphatic carbocycles. The molecule has 0 unspecified atom stereocenters. The second kappa shape index (κ2) is 6.48. The fourth-order valence-electron chi connectivity index (χ4n) is 4.60. The van der Waals surface area contributed by atoms with Crippen LogP contribution in [0, 0.1) is 11.1 Å². The Hall–Kier alpha value is -1.69. The van der Waals surface area contributed by atoms with E-state index in [9.17, 15) is 13.6 Å². The largest absolute Gasteiger partial charge is 0.633 e. The van der Waals surface area contributed by atoms with E-state index in [0.717, 1.165) is 18.4 Å². The minimum atomic E-state index is -3.50. The molecule has 4 atom stereocenters. The van der Waals surface area contributed by atoms with Gasteiger partial charge in [0.05, 0.1) is 18.0 Å². The van der Waals surface area contributed by atoms with Gasteiger partial charge in [-0.25, -0.2) is 8.42 Å². The molecule has 1 heterocycles. The highest BCUT2D eigenvalue weighted by atomic mass is 32.2. The van der Waals surface area contributed by atoms with E-state index < -0.39 is 19.7 Å². The molecule has 1 saturated carbocycles. The summed E-state index contributed by atoms with van der Waals surface area (Å²) in [4.78, 5) is 0.344. The molecule has 0 amide bonds. The molecule has 138 valence electrons. The van der Waals surface area contributed by atoms with Gasteiger partial charge in [-0.05, 0) is 30.5 Å². The molecule has 2 aliphatic rings. The number of hydrogen-bond acceptors (Lipinski definition) is 3. The number of hydroxylamine groups is 3. The number of hydrogen-bond donors (Lipinski definition) is 0. The van der Waals surface area contributed by atoms with E-state index in [1.807, 2.05) is 36.4 Å². The summed E-state index contributed by atoms with van der Waals surface area (Å²) in [6, 6.07) is 18.0. The number of likely N-dealkylation sites (tertiary alicyclic amines) is 1. The van der Waals surface area contributed by atoms with E-state index in [-0.39, 0.29) is 18.0 Å². The third-order valence-corrected chi connectivity index (χ3v) is 8.29. The Morgan fingerprint density at radius 1 is 1.00 bits per heavy atom. The lowest BCUT2D eigenvalue weighted by Gasteiger charge is -2.46. The molecule has 2 aromatic rings. The molecule has 0 radical (unpaired) electrons. The van der Waals surface area contributed by atoms with E-state index in [1.165, 1.54) is 0 Å². The summed E-state index contributed by atoms with van der Waals surface area (Å²) < 4.78 is 26.2. The van der Waals surface area contributed by atoms with E-state index in [2.05, 4.69) is 0 Å². The first-order valence-corrected chi connectivity index (χ1v) is 10.8. The number of rotatable bonds is 5. The van der Waals surface area contributed by atoms with Gasteiger partial charge in [0.15, 0.2) is 9.84 Å². The summed E-state index contributed by atoms with van der Waals surface area (Å²) in [6.45, 7) is 0. The van der Waals surface area contributed by atoms with Crippen LogP contribution in [0.5, 0.6) is 0 Å². The average molecular weight is 372 g/mol. The molecule has 5 heteroatoms. The lowest BCUT2D eigenvalue weighted by atomic mass is 10.0. The topological polar surface area (TPSA) is 57.2 Å².